The number of allylic oxidation sites excluding steroid dienone is 1. The molecular formula is C13H12N2O3. The Kier molecular flexibility index (Phi) is 3.20. The lowest BCUT2D eigenvalue weighted by Crippen LogP contribution is -2.08. The molecule has 0 atom stereocenters. The second-order valence-electron chi connectivity index (χ2n) is 4.02. The highest BCUT2D eigenvalue weighted by Gasteiger charge is 2.18. The first kappa shape index (κ1) is 12.0. The zero-order valence-electron chi connectivity index (χ0n) is 10.1. The Labute approximate surface area is 105 Å². The molecule has 0 aliphatic carbocycles. The lowest BCUT2D eigenvalue weighted by Gasteiger charge is -2.06. The number of nitriles is 1. The van der Waals surface area contributed by atoms with Crippen molar-refractivity contribution in [3.05, 3.63) is 35.5 Å². The molecule has 0 spiro atoms. The normalized spacial score (nSPS) is 13.1. The molecule has 1 aromatic carbocycles. The number of Topliss-reactive ketones (excluding diaryl/α,β-unsaturated/α-hetero) is 1. The quantitative estimate of drug-likeness (QED) is 0.459. The van der Waals surface area contributed by atoms with Crippen LogP contribution in [-0.2, 0) is 0 Å². The molecule has 1 heterocycles. The maximum atomic E-state index is 12.1. The molecule has 0 radical (unpaired) electrons. The summed E-state index contributed by atoms with van der Waals surface area (Å²) in [7, 11) is 3.51. The first-order valence-electron chi connectivity index (χ1n) is 5.34. The SMILES string of the molecule is CN(C)/C=C(\C#N)C(=O)c1ccc2c(c1)OCO2. The van der Waals surface area contributed by atoms with E-state index in [0.29, 0.717) is 17.1 Å². The molecule has 1 aliphatic rings. The number of hydrogen-bond acceptors (Lipinski definition) is 5. The Morgan fingerprint density at radius 3 is 2.78 bits per heavy atom. The number of carbonyl (C=O) groups is 1. The van der Waals surface area contributed by atoms with Gasteiger partial charge >= 0.3 is 0 Å². The second-order valence-corrected chi connectivity index (χ2v) is 4.02. The zero-order valence-corrected chi connectivity index (χ0v) is 10.1. The fourth-order valence-corrected chi connectivity index (χ4v) is 1.59. The molecule has 92 valence electrons. The highest BCUT2D eigenvalue weighted by molar-refractivity contribution is 6.11. The van der Waals surface area contributed by atoms with Crippen molar-refractivity contribution in [2.75, 3.05) is 20.9 Å². The van der Waals surface area contributed by atoms with Gasteiger partial charge in [0.15, 0.2) is 11.5 Å². The van der Waals surface area contributed by atoms with Crippen LogP contribution in [0.2, 0.25) is 0 Å². The monoisotopic (exact) mass is 244 g/mol. The Morgan fingerprint density at radius 2 is 2.11 bits per heavy atom. The molecule has 2 rings (SSSR count). The molecule has 1 aromatic rings. The molecule has 5 heteroatoms. The standard InChI is InChI=1S/C13H12N2O3/c1-15(2)7-10(6-14)13(16)9-3-4-11-12(5-9)18-8-17-11/h3-5,7H,8H2,1-2H3/b10-7+. The van der Waals surface area contributed by atoms with Crippen molar-refractivity contribution < 1.29 is 14.3 Å². The topological polar surface area (TPSA) is 62.6 Å². The van der Waals surface area contributed by atoms with Gasteiger partial charge in [0.2, 0.25) is 12.6 Å². The number of rotatable bonds is 3. The van der Waals surface area contributed by atoms with Crippen LogP contribution in [0.15, 0.2) is 30.0 Å². The molecular weight excluding hydrogens is 232 g/mol. The fourth-order valence-electron chi connectivity index (χ4n) is 1.59. The van der Waals surface area contributed by atoms with Gasteiger partial charge in [-0.05, 0) is 18.2 Å². The molecule has 0 aromatic heterocycles. The van der Waals surface area contributed by atoms with Crippen LogP contribution in [0.25, 0.3) is 0 Å². The van der Waals surface area contributed by atoms with Crippen molar-refractivity contribution in [3.8, 4) is 17.6 Å². The number of ketones is 1. The number of nitrogens with zero attached hydrogens (tertiary/aromatic N) is 2. The summed E-state index contributed by atoms with van der Waals surface area (Å²) >= 11 is 0. The molecule has 18 heavy (non-hydrogen) atoms. The van der Waals surface area contributed by atoms with Gasteiger partial charge in [-0.1, -0.05) is 0 Å². The molecule has 1 aliphatic heterocycles. The average molecular weight is 244 g/mol. The van der Waals surface area contributed by atoms with Gasteiger partial charge in [-0.2, -0.15) is 5.26 Å². The lowest BCUT2D eigenvalue weighted by atomic mass is 10.0. The third-order valence-corrected chi connectivity index (χ3v) is 2.39. The van der Waals surface area contributed by atoms with Gasteiger partial charge in [-0.25, -0.2) is 0 Å². The van der Waals surface area contributed by atoms with Crippen LogP contribution in [0.3, 0.4) is 0 Å². The molecule has 0 N–H and O–H groups in total. The summed E-state index contributed by atoms with van der Waals surface area (Å²) in [5, 5.41) is 8.98. The number of hydrogen-bond donors (Lipinski definition) is 0. The number of carbonyl (C=O) groups excluding carboxylic acids is 1. The van der Waals surface area contributed by atoms with Gasteiger partial charge in [0.05, 0.1) is 0 Å². The number of benzene rings is 1. The number of ether oxygens (including phenoxy) is 2. The van der Waals surface area contributed by atoms with E-state index in [9.17, 15) is 4.79 Å². The van der Waals surface area contributed by atoms with E-state index in [4.69, 9.17) is 14.7 Å². The van der Waals surface area contributed by atoms with Crippen LogP contribution in [-0.4, -0.2) is 31.6 Å². The van der Waals surface area contributed by atoms with E-state index in [1.807, 2.05) is 6.07 Å². The van der Waals surface area contributed by atoms with Crippen LogP contribution < -0.4 is 9.47 Å². The Morgan fingerprint density at radius 1 is 1.39 bits per heavy atom. The molecule has 0 saturated carbocycles. The van der Waals surface area contributed by atoms with E-state index in [-0.39, 0.29) is 18.1 Å². The van der Waals surface area contributed by atoms with E-state index < -0.39 is 0 Å². The summed E-state index contributed by atoms with van der Waals surface area (Å²) in [6.07, 6.45) is 1.49. The lowest BCUT2D eigenvalue weighted by molar-refractivity contribution is 0.103. The van der Waals surface area contributed by atoms with Gasteiger partial charge in [0, 0.05) is 25.9 Å². The van der Waals surface area contributed by atoms with E-state index in [1.165, 1.54) is 6.20 Å². The summed E-state index contributed by atoms with van der Waals surface area (Å²) in [4.78, 5) is 13.8. The minimum absolute atomic E-state index is 0.0823. The summed E-state index contributed by atoms with van der Waals surface area (Å²) in [5.74, 6) is 0.814. The third-order valence-electron chi connectivity index (χ3n) is 2.39. The van der Waals surface area contributed by atoms with Crippen LogP contribution in [0.5, 0.6) is 11.5 Å². The van der Waals surface area contributed by atoms with Crippen molar-refractivity contribution in [1.82, 2.24) is 4.90 Å². The highest BCUT2D eigenvalue weighted by Crippen LogP contribution is 2.33. The second kappa shape index (κ2) is 4.80. The summed E-state index contributed by atoms with van der Waals surface area (Å²) in [5.41, 5.74) is 0.493. The van der Waals surface area contributed by atoms with Crippen LogP contribution in [0.4, 0.5) is 0 Å². The van der Waals surface area contributed by atoms with E-state index in [2.05, 4.69) is 0 Å². The smallest absolute Gasteiger partial charge is 0.231 e. The van der Waals surface area contributed by atoms with Crippen LogP contribution >= 0.6 is 0 Å². The third kappa shape index (κ3) is 2.28. The van der Waals surface area contributed by atoms with Crippen LogP contribution in [0, 0.1) is 11.3 Å². The van der Waals surface area contributed by atoms with Crippen LogP contribution in [0.1, 0.15) is 10.4 Å². The Hall–Kier alpha value is -2.48. The van der Waals surface area contributed by atoms with Gasteiger partial charge in [0.1, 0.15) is 11.6 Å². The van der Waals surface area contributed by atoms with Crippen molar-refractivity contribution >= 4 is 5.78 Å². The molecule has 0 saturated heterocycles. The Balaban J connectivity index is 2.32. The van der Waals surface area contributed by atoms with E-state index >= 15 is 0 Å². The predicted molar refractivity (Wildman–Crippen MR) is 64.3 cm³/mol. The minimum Gasteiger partial charge on any atom is -0.454 e. The summed E-state index contributed by atoms with van der Waals surface area (Å²) < 4.78 is 10.4. The van der Waals surface area contributed by atoms with Gasteiger partial charge in [-0.15, -0.1) is 0 Å². The van der Waals surface area contributed by atoms with Crippen molar-refractivity contribution in [1.29, 1.82) is 5.26 Å². The van der Waals surface area contributed by atoms with E-state index in [0.717, 1.165) is 0 Å². The first-order chi connectivity index (χ1) is 8.61. The van der Waals surface area contributed by atoms with Gasteiger partial charge in [0.25, 0.3) is 0 Å². The predicted octanol–water partition coefficient (Wildman–Crippen LogP) is 1.57. The molecule has 0 amide bonds. The summed E-state index contributed by atoms with van der Waals surface area (Å²) in [6, 6.07) is 6.77. The molecule has 0 fully saturated rings. The van der Waals surface area contributed by atoms with Gasteiger partial charge in [-0.3, -0.25) is 4.79 Å². The fraction of sp³-hybridized carbons (Fsp3) is 0.231. The average Bonchev–Trinajstić information content (AvgIpc) is 2.81. The molecule has 5 nitrogen and oxygen atoms in total. The molecule has 0 bridgehead atoms. The van der Waals surface area contributed by atoms with Crippen molar-refractivity contribution in [2.24, 2.45) is 0 Å². The largest absolute Gasteiger partial charge is 0.454 e. The highest BCUT2D eigenvalue weighted by atomic mass is 16.7. The Bertz CT molecular complexity index is 556. The number of fused-ring (bicyclic) bond motifs is 1. The van der Waals surface area contributed by atoms with Crippen molar-refractivity contribution in [3.63, 3.8) is 0 Å². The zero-order chi connectivity index (χ0) is 13.1. The van der Waals surface area contributed by atoms with Crippen molar-refractivity contribution in [2.45, 2.75) is 0 Å². The molecule has 0 unspecified atom stereocenters. The maximum Gasteiger partial charge on any atom is 0.231 e. The van der Waals surface area contributed by atoms with Gasteiger partial charge < -0.3 is 14.4 Å². The first-order valence-corrected chi connectivity index (χ1v) is 5.34. The summed E-state index contributed by atoms with van der Waals surface area (Å²) in [6.45, 7) is 0.158. The maximum absolute atomic E-state index is 12.1. The van der Waals surface area contributed by atoms with E-state index in [1.54, 1.807) is 37.2 Å². The minimum atomic E-state index is -0.329.